The lowest BCUT2D eigenvalue weighted by molar-refractivity contribution is -0.140. The van der Waals surface area contributed by atoms with Gasteiger partial charge in [0.05, 0.1) is 17.7 Å². The zero-order valence-corrected chi connectivity index (χ0v) is 18.7. The predicted octanol–water partition coefficient (Wildman–Crippen LogP) is 3.92. The number of aliphatic hydroxyl groups is 1. The summed E-state index contributed by atoms with van der Waals surface area (Å²) < 4.78 is 37.7. The van der Waals surface area contributed by atoms with Crippen LogP contribution in [0.5, 0.6) is 0 Å². The highest BCUT2D eigenvalue weighted by atomic mass is 127. The number of aliphatic hydroxyl groups excluding tert-OH is 1. The average molecular weight is 528 g/mol. The average Bonchev–Trinajstić information content (AvgIpc) is 3.09. The quantitative estimate of drug-likeness (QED) is 0.290. The monoisotopic (exact) mass is 528 g/mol. The van der Waals surface area contributed by atoms with Crippen molar-refractivity contribution in [2.24, 2.45) is 4.99 Å². The number of benzene rings is 1. The number of nitrogens with one attached hydrogen (secondary N) is 2. The second-order valence-electron chi connectivity index (χ2n) is 5.95. The fourth-order valence-corrected chi connectivity index (χ4v) is 3.06. The van der Waals surface area contributed by atoms with Crippen LogP contribution in [0.3, 0.4) is 0 Å². The van der Waals surface area contributed by atoms with E-state index in [2.05, 4.69) is 20.6 Å². The Morgan fingerprint density at radius 2 is 1.93 bits per heavy atom. The van der Waals surface area contributed by atoms with Gasteiger partial charge in [-0.1, -0.05) is 29.8 Å². The molecule has 0 amide bonds. The Labute approximate surface area is 183 Å². The fourth-order valence-electron chi connectivity index (χ4n) is 2.26. The van der Waals surface area contributed by atoms with Crippen molar-refractivity contribution in [3.8, 4) is 0 Å². The summed E-state index contributed by atoms with van der Waals surface area (Å²) in [7, 11) is 0. The minimum absolute atomic E-state index is 0. The van der Waals surface area contributed by atoms with E-state index in [0.29, 0.717) is 30.5 Å². The summed E-state index contributed by atoms with van der Waals surface area (Å²) in [6.07, 6.45) is -4.79. The number of hydrogen-bond acceptors (Lipinski definition) is 4. The Hall–Kier alpha value is -1.40. The number of guanidine groups is 1. The van der Waals surface area contributed by atoms with Gasteiger partial charge in [-0.15, -0.1) is 35.3 Å². The molecule has 0 radical (unpaired) electrons. The van der Waals surface area contributed by atoms with E-state index in [4.69, 9.17) is 0 Å². The second kappa shape index (κ2) is 11.6. The molecule has 0 aliphatic rings. The number of nitrogens with zero attached hydrogens (tertiary/aromatic N) is 2. The number of aromatic nitrogens is 1. The maximum Gasteiger partial charge on any atom is 0.434 e. The molecule has 0 spiro atoms. The maximum absolute atomic E-state index is 12.6. The molecule has 1 atom stereocenters. The third kappa shape index (κ3) is 7.92. The van der Waals surface area contributed by atoms with E-state index in [1.165, 1.54) is 0 Å². The smallest absolute Gasteiger partial charge is 0.386 e. The molecule has 28 heavy (non-hydrogen) atoms. The van der Waals surface area contributed by atoms with Crippen LogP contribution >= 0.6 is 35.3 Å². The van der Waals surface area contributed by atoms with Crippen molar-refractivity contribution < 1.29 is 18.3 Å². The third-order valence-electron chi connectivity index (χ3n) is 3.70. The molecule has 156 valence electrons. The van der Waals surface area contributed by atoms with Crippen molar-refractivity contribution in [3.05, 3.63) is 51.5 Å². The van der Waals surface area contributed by atoms with E-state index in [0.717, 1.165) is 27.8 Å². The molecule has 3 N–H and O–H groups in total. The van der Waals surface area contributed by atoms with E-state index in [1.54, 1.807) is 0 Å². The van der Waals surface area contributed by atoms with Gasteiger partial charge in [-0.05, 0) is 19.4 Å². The zero-order chi connectivity index (χ0) is 19.9. The molecule has 0 fully saturated rings. The van der Waals surface area contributed by atoms with Gasteiger partial charge in [0, 0.05) is 24.9 Å². The van der Waals surface area contributed by atoms with Crippen molar-refractivity contribution >= 4 is 41.3 Å². The molecule has 1 aromatic carbocycles. The predicted molar refractivity (Wildman–Crippen MR) is 116 cm³/mol. The van der Waals surface area contributed by atoms with Gasteiger partial charge >= 0.3 is 6.18 Å². The van der Waals surface area contributed by atoms with Crippen LogP contribution in [-0.4, -0.2) is 35.7 Å². The van der Waals surface area contributed by atoms with Crippen LogP contribution < -0.4 is 10.6 Å². The largest absolute Gasteiger partial charge is 0.434 e. The number of thiazole rings is 1. The molecule has 2 rings (SSSR count). The molecular weight excluding hydrogens is 504 g/mol. The number of aliphatic imine (C=N–C) groups is 1. The molecule has 5 nitrogen and oxygen atoms in total. The van der Waals surface area contributed by atoms with Gasteiger partial charge in [0.1, 0.15) is 0 Å². The van der Waals surface area contributed by atoms with E-state index < -0.39 is 18.0 Å². The first-order valence-corrected chi connectivity index (χ1v) is 9.46. The summed E-state index contributed by atoms with van der Waals surface area (Å²) in [5.41, 5.74) is 1.03. The summed E-state index contributed by atoms with van der Waals surface area (Å²) in [4.78, 5) is 7.93. The van der Waals surface area contributed by atoms with Crippen LogP contribution in [0.4, 0.5) is 13.2 Å². The van der Waals surface area contributed by atoms with Gasteiger partial charge in [0.25, 0.3) is 0 Å². The molecule has 0 saturated heterocycles. The maximum atomic E-state index is 12.6. The lowest BCUT2D eigenvalue weighted by atomic mass is 10.1. The second-order valence-corrected chi connectivity index (χ2v) is 6.89. The number of halogens is 4. The van der Waals surface area contributed by atoms with Crippen molar-refractivity contribution in [1.82, 2.24) is 15.6 Å². The highest BCUT2D eigenvalue weighted by Gasteiger charge is 2.33. The highest BCUT2D eigenvalue weighted by Crippen LogP contribution is 2.30. The molecule has 0 aliphatic heterocycles. The minimum atomic E-state index is -4.41. The zero-order valence-electron chi connectivity index (χ0n) is 15.6. The van der Waals surface area contributed by atoms with Crippen LogP contribution in [0.1, 0.15) is 34.9 Å². The molecule has 1 heterocycles. The fraction of sp³-hybridized carbons (Fsp3) is 0.444. The van der Waals surface area contributed by atoms with Crippen LogP contribution in [0.2, 0.25) is 0 Å². The summed E-state index contributed by atoms with van der Waals surface area (Å²) in [5, 5.41) is 17.8. The number of aryl methyl sites for hydroxylation is 1. The molecule has 10 heteroatoms. The first-order valence-electron chi connectivity index (χ1n) is 8.58. The first-order chi connectivity index (χ1) is 12.8. The molecule has 0 aliphatic carbocycles. The lowest BCUT2D eigenvalue weighted by Gasteiger charge is -2.13. The van der Waals surface area contributed by atoms with Crippen LogP contribution in [0, 0.1) is 6.92 Å². The van der Waals surface area contributed by atoms with Gasteiger partial charge in [-0.3, -0.25) is 4.99 Å². The molecule has 1 unspecified atom stereocenters. The van der Waals surface area contributed by atoms with Gasteiger partial charge < -0.3 is 15.7 Å². The molecule has 0 bridgehead atoms. The van der Waals surface area contributed by atoms with Crippen molar-refractivity contribution in [2.75, 3.05) is 19.6 Å². The van der Waals surface area contributed by atoms with Gasteiger partial charge in [0.2, 0.25) is 0 Å². The van der Waals surface area contributed by atoms with E-state index in [9.17, 15) is 18.3 Å². The van der Waals surface area contributed by atoms with Crippen LogP contribution in [0.25, 0.3) is 0 Å². The van der Waals surface area contributed by atoms with E-state index >= 15 is 0 Å². The molecule has 2 aromatic rings. The lowest BCUT2D eigenvalue weighted by Crippen LogP contribution is -2.38. The summed E-state index contributed by atoms with van der Waals surface area (Å²) >= 11 is 0.987. The number of alkyl halides is 3. The van der Waals surface area contributed by atoms with E-state index in [-0.39, 0.29) is 30.5 Å². The van der Waals surface area contributed by atoms with Crippen molar-refractivity contribution in [1.29, 1.82) is 0 Å². The van der Waals surface area contributed by atoms with Gasteiger partial charge in [-0.25, -0.2) is 4.98 Å². The molecule has 0 saturated carbocycles. The highest BCUT2D eigenvalue weighted by molar-refractivity contribution is 14.0. The standard InChI is InChI=1S/C18H23F3N4OS.HI/c1-3-22-17(24-10-14(26)13-6-4-12(2)5-7-13)23-9-8-16-25-15(11-27-16)18(19,20)21;/h4-7,11,14,26H,3,8-10H2,1-2H3,(H2,22,23,24);1H. The van der Waals surface area contributed by atoms with Gasteiger partial charge in [0.15, 0.2) is 11.7 Å². The first kappa shape index (κ1) is 24.6. The van der Waals surface area contributed by atoms with Gasteiger partial charge in [-0.2, -0.15) is 13.2 Å². The van der Waals surface area contributed by atoms with Crippen molar-refractivity contribution in [2.45, 2.75) is 32.5 Å². The Bertz CT molecular complexity index is 750. The van der Waals surface area contributed by atoms with Crippen LogP contribution in [0.15, 0.2) is 34.6 Å². The third-order valence-corrected chi connectivity index (χ3v) is 4.61. The minimum Gasteiger partial charge on any atom is -0.386 e. The summed E-state index contributed by atoms with van der Waals surface area (Å²) in [6.45, 7) is 5.07. The molecule has 1 aromatic heterocycles. The van der Waals surface area contributed by atoms with Crippen LogP contribution in [-0.2, 0) is 12.6 Å². The number of rotatable bonds is 7. The SMILES string of the molecule is CCNC(=NCC(O)c1ccc(C)cc1)NCCc1nc(C(F)(F)F)cs1.I. The number of hydrogen-bond donors (Lipinski definition) is 3. The Morgan fingerprint density at radius 1 is 1.25 bits per heavy atom. The summed E-state index contributed by atoms with van der Waals surface area (Å²) in [6, 6.07) is 7.57. The Morgan fingerprint density at radius 3 is 2.50 bits per heavy atom. The Balaban J connectivity index is 0.00000392. The Kier molecular flexibility index (Phi) is 10.2. The summed E-state index contributed by atoms with van der Waals surface area (Å²) in [5.74, 6) is 0.497. The molecular formula is C18H24F3IN4OS. The van der Waals surface area contributed by atoms with Crippen molar-refractivity contribution in [3.63, 3.8) is 0 Å². The normalized spacial score (nSPS) is 13.0. The van der Waals surface area contributed by atoms with E-state index in [1.807, 2.05) is 38.1 Å². The topological polar surface area (TPSA) is 69.5 Å².